The van der Waals surface area contributed by atoms with Gasteiger partial charge in [-0.25, -0.2) is 0 Å². The van der Waals surface area contributed by atoms with Gasteiger partial charge in [-0.15, -0.1) is 12.4 Å². The number of hydrogen-bond acceptors (Lipinski definition) is 3. The first-order valence-electron chi connectivity index (χ1n) is 5.52. The third-order valence-corrected chi connectivity index (χ3v) is 3.91. The van der Waals surface area contributed by atoms with Gasteiger partial charge in [0.05, 0.1) is 0 Å². The van der Waals surface area contributed by atoms with Gasteiger partial charge in [0.25, 0.3) is 0 Å². The van der Waals surface area contributed by atoms with Crippen molar-refractivity contribution in [3.63, 3.8) is 0 Å². The molecule has 0 aromatic carbocycles. The second-order valence-electron chi connectivity index (χ2n) is 4.84. The molecule has 2 aliphatic heterocycles. The minimum Gasteiger partial charge on any atom is -0.341 e. The molecule has 0 bridgehead atoms. The van der Waals surface area contributed by atoms with E-state index in [4.69, 9.17) is 5.73 Å². The summed E-state index contributed by atoms with van der Waals surface area (Å²) in [6.45, 7) is 3.74. The normalized spacial score (nSPS) is 42.3. The highest BCUT2D eigenvalue weighted by molar-refractivity contribution is 5.85. The van der Waals surface area contributed by atoms with E-state index in [1.54, 1.807) is 0 Å². The molecule has 0 aromatic rings. The summed E-state index contributed by atoms with van der Waals surface area (Å²) in [4.78, 5) is 14.0. The van der Waals surface area contributed by atoms with Crippen LogP contribution in [0.1, 0.15) is 6.42 Å². The summed E-state index contributed by atoms with van der Waals surface area (Å²) in [5.74, 6) is 1.98. The van der Waals surface area contributed by atoms with Crippen LogP contribution in [0.5, 0.6) is 0 Å². The lowest BCUT2D eigenvalue weighted by atomic mass is 10.2. The first-order valence-corrected chi connectivity index (χ1v) is 5.52. The number of amides is 1. The molecular formula is C10H18ClN3O. The first kappa shape index (κ1) is 11.2. The molecule has 3 N–H and O–H groups in total. The van der Waals surface area contributed by atoms with E-state index in [0.29, 0.717) is 23.7 Å². The Balaban J connectivity index is 0.000000853. The zero-order chi connectivity index (χ0) is 9.71. The zero-order valence-corrected chi connectivity index (χ0v) is 9.50. The Morgan fingerprint density at radius 3 is 2.53 bits per heavy atom. The van der Waals surface area contributed by atoms with Crippen LogP contribution >= 0.6 is 12.4 Å². The molecule has 0 radical (unpaired) electrons. The molecule has 2 heterocycles. The fourth-order valence-corrected chi connectivity index (χ4v) is 2.98. The number of hydrogen-bond donors (Lipinski definition) is 2. The van der Waals surface area contributed by atoms with Crippen molar-refractivity contribution in [1.82, 2.24) is 10.2 Å². The highest BCUT2D eigenvalue weighted by atomic mass is 35.5. The molecule has 86 valence electrons. The van der Waals surface area contributed by atoms with Crippen LogP contribution in [0.2, 0.25) is 0 Å². The molecule has 1 aliphatic carbocycles. The molecule has 2 saturated heterocycles. The van der Waals surface area contributed by atoms with Crippen molar-refractivity contribution in [3.05, 3.63) is 0 Å². The summed E-state index contributed by atoms with van der Waals surface area (Å²) in [5, 5.41) is 3.31. The van der Waals surface area contributed by atoms with Gasteiger partial charge in [-0.1, -0.05) is 0 Å². The van der Waals surface area contributed by atoms with Crippen LogP contribution in [0, 0.1) is 17.8 Å². The fraction of sp³-hybridized carbons (Fsp3) is 0.900. The van der Waals surface area contributed by atoms with E-state index in [9.17, 15) is 4.79 Å². The Morgan fingerprint density at radius 2 is 2.00 bits per heavy atom. The number of fused-ring (bicyclic) bond motifs is 1. The SMILES string of the molecule is Cl.N[C@H]1CCN(C(=O)C2[C@H]3CNC[C@@H]23)C1. The standard InChI is InChI=1S/C10H17N3O.ClH/c11-6-1-2-13(5-6)10(14)9-7-3-12-4-8(7)9;/h6-9,12H,1-5,11H2;1H/t6-,7-,8+,9?;/m0./s1. The van der Waals surface area contributed by atoms with E-state index in [-0.39, 0.29) is 18.4 Å². The van der Waals surface area contributed by atoms with Gasteiger partial charge >= 0.3 is 0 Å². The van der Waals surface area contributed by atoms with Crippen LogP contribution in [0.4, 0.5) is 0 Å². The van der Waals surface area contributed by atoms with Gasteiger partial charge in [0, 0.05) is 25.0 Å². The molecule has 3 rings (SSSR count). The van der Waals surface area contributed by atoms with Crippen LogP contribution in [0.15, 0.2) is 0 Å². The summed E-state index contributed by atoms with van der Waals surface area (Å²) >= 11 is 0. The predicted molar refractivity (Wildman–Crippen MR) is 59.8 cm³/mol. The number of nitrogens with zero attached hydrogens (tertiary/aromatic N) is 1. The van der Waals surface area contributed by atoms with E-state index < -0.39 is 0 Å². The van der Waals surface area contributed by atoms with Gasteiger partial charge in [-0.2, -0.15) is 0 Å². The van der Waals surface area contributed by atoms with Crippen LogP contribution in [-0.4, -0.2) is 43.0 Å². The molecule has 5 heteroatoms. The summed E-state index contributed by atoms with van der Waals surface area (Å²) in [6, 6.07) is 0.218. The maximum absolute atomic E-state index is 12.0. The second-order valence-corrected chi connectivity index (χ2v) is 4.84. The zero-order valence-electron chi connectivity index (χ0n) is 8.69. The maximum Gasteiger partial charge on any atom is 0.226 e. The third-order valence-electron chi connectivity index (χ3n) is 3.91. The summed E-state index contributed by atoms with van der Waals surface area (Å²) in [7, 11) is 0. The van der Waals surface area contributed by atoms with Crippen molar-refractivity contribution < 1.29 is 4.79 Å². The average molecular weight is 232 g/mol. The minimum absolute atomic E-state index is 0. The molecule has 0 aromatic heterocycles. The van der Waals surface area contributed by atoms with Gasteiger partial charge in [0.15, 0.2) is 0 Å². The maximum atomic E-state index is 12.0. The lowest BCUT2D eigenvalue weighted by Gasteiger charge is -2.16. The number of rotatable bonds is 1. The number of halogens is 1. The Labute approximate surface area is 96.0 Å². The summed E-state index contributed by atoms with van der Waals surface area (Å²) < 4.78 is 0. The molecule has 4 atom stereocenters. The Kier molecular flexibility index (Phi) is 2.92. The van der Waals surface area contributed by atoms with Crippen molar-refractivity contribution in [1.29, 1.82) is 0 Å². The van der Waals surface area contributed by atoms with Crippen LogP contribution in [0.25, 0.3) is 0 Å². The molecule has 15 heavy (non-hydrogen) atoms. The summed E-state index contributed by atoms with van der Waals surface area (Å²) in [6.07, 6.45) is 0.978. The number of piperidine rings is 1. The number of likely N-dealkylation sites (tertiary alicyclic amines) is 1. The van der Waals surface area contributed by atoms with Crippen molar-refractivity contribution in [2.24, 2.45) is 23.5 Å². The van der Waals surface area contributed by atoms with Crippen LogP contribution in [-0.2, 0) is 4.79 Å². The van der Waals surface area contributed by atoms with Crippen molar-refractivity contribution >= 4 is 18.3 Å². The number of nitrogens with one attached hydrogen (secondary N) is 1. The molecule has 1 amide bonds. The fourth-order valence-electron chi connectivity index (χ4n) is 2.98. The molecular weight excluding hydrogens is 214 g/mol. The van der Waals surface area contributed by atoms with E-state index in [1.165, 1.54) is 0 Å². The van der Waals surface area contributed by atoms with Gasteiger partial charge in [0.1, 0.15) is 0 Å². The van der Waals surface area contributed by atoms with Crippen LogP contribution < -0.4 is 11.1 Å². The van der Waals surface area contributed by atoms with E-state index in [2.05, 4.69) is 5.32 Å². The molecule has 0 spiro atoms. The van der Waals surface area contributed by atoms with Crippen molar-refractivity contribution in [2.75, 3.05) is 26.2 Å². The van der Waals surface area contributed by atoms with E-state index in [1.807, 2.05) is 4.90 Å². The topological polar surface area (TPSA) is 58.4 Å². The van der Waals surface area contributed by atoms with Crippen molar-refractivity contribution in [2.45, 2.75) is 12.5 Å². The Hall–Kier alpha value is -0.320. The third kappa shape index (κ3) is 1.75. The highest BCUT2D eigenvalue weighted by Gasteiger charge is 2.58. The number of carbonyl (C=O) groups excluding carboxylic acids is 1. The predicted octanol–water partition coefficient (Wildman–Crippen LogP) is -0.567. The number of carbonyl (C=O) groups is 1. The van der Waals surface area contributed by atoms with E-state index in [0.717, 1.165) is 32.6 Å². The molecule has 3 aliphatic rings. The minimum atomic E-state index is 0. The summed E-state index contributed by atoms with van der Waals surface area (Å²) in [5.41, 5.74) is 5.79. The number of nitrogens with two attached hydrogens (primary N) is 1. The lowest BCUT2D eigenvalue weighted by Crippen LogP contribution is -2.35. The quantitative estimate of drug-likeness (QED) is 0.636. The molecule has 4 nitrogen and oxygen atoms in total. The first-order chi connectivity index (χ1) is 6.77. The van der Waals surface area contributed by atoms with Gasteiger partial charge in [0.2, 0.25) is 5.91 Å². The largest absolute Gasteiger partial charge is 0.341 e. The lowest BCUT2D eigenvalue weighted by molar-refractivity contribution is -0.132. The molecule has 1 unspecified atom stereocenters. The average Bonchev–Trinajstić information content (AvgIpc) is 2.56. The van der Waals surface area contributed by atoms with Gasteiger partial charge in [-0.05, 0) is 31.3 Å². The van der Waals surface area contributed by atoms with Crippen molar-refractivity contribution in [3.8, 4) is 0 Å². The highest BCUT2D eigenvalue weighted by Crippen LogP contribution is 2.49. The van der Waals surface area contributed by atoms with Crippen LogP contribution in [0.3, 0.4) is 0 Å². The Bertz CT molecular complexity index is 259. The molecule has 3 fully saturated rings. The monoisotopic (exact) mass is 231 g/mol. The van der Waals surface area contributed by atoms with Gasteiger partial charge in [-0.3, -0.25) is 4.79 Å². The van der Waals surface area contributed by atoms with E-state index >= 15 is 0 Å². The smallest absolute Gasteiger partial charge is 0.226 e. The second kappa shape index (κ2) is 3.92. The molecule has 1 saturated carbocycles. The van der Waals surface area contributed by atoms with Gasteiger partial charge < -0.3 is 16.0 Å². The Morgan fingerprint density at radius 1 is 1.33 bits per heavy atom.